The summed E-state index contributed by atoms with van der Waals surface area (Å²) in [7, 11) is 2.52. The lowest BCUT2D eigenvalue weighted by atomic mass is 9.98. The van der Waals surface area contributed by atoms with Gasteiger partial charge in [-0.15, -0.1) is 0 Å². The Morgan fingerprint density at radius 2 is 1.62 bits per heavy atom. The van der Waals surface area contributed by atoms with Gasteiger partial charge in [-0.3, -0.25) is 4.98 Å². The highest BCUT2D eigenvalue weighted by Gasteiger charge is 2.24. The van der Waals surface area contributed by atoms with Crippen molar-refractivity contribution in [3.8, 4) is 11.3 Å². The summed E-state index contributed by atoms with van der Waals surface area (Å²) in [6, 6.07) is 9.41. The van der Waals surface area contributed by atoms with Crippen molar-refractivity contribution in [2.45, 2.75) is 6.92 Å². The van der Waals surface area contributed by atoms with Gasteiger partial charge in [0.05, 0.1) is 31.0 Å². The Morgan fingerprint density at radius 1 is 1.00 bits per heavy atom. The molecule has 0 amide bonds. The highest BCUT2D eigenvalue weighted by atomic mass is 16.5. The second-order valence-corrected chi connectivity index (χ2v) is 4.37. The second-order valence-electron chi connectivity index (χ2n) is 4.37. The van der Waals surface area contributed by atoms with Crippen molar-refractivity contribution in [3.63, 3.8) is 0 Å². The zero-order chi connectivity index (χ0) is 15.4. The number of nitrogens with zero attached hydrogens (tertiary/aromatic N) is 1. The summed E-state index contributed by atoms with van der Waals surface area (Å²) in [6.45, 7) is 1.73. The van der Waals surface area contributed by atoms with E-state index in [9.17, 15) is 9.59 Å². The molecule has 0 aliphatic heterocycles. The summed E-state index contributed by atoms with van der Waals surface area (Å²) in [5.41, 5.74) is 2.34. The average Bonchev–Trinajstić information content (AvgIpc) is 2.53. The Kier molecular flexibility index (Phi) is 4.33. The van der Waals surface area contributed by atoms with Crippen molar-refractivity contribution in [3.05, 3.63) is 53.2 Å². The molecule has 1 aromatic heterocycles. The topological polar surface area (TPSA) is 65.5 Å². The molecule has 1 aromatic carbocycles. The molecule has 0 saturated carbocycles. The third kappa shape index (κ3) is 2.76. The lowest BCUT2D eigenvalue weighted by molar-refractivity contribution is 0.0554. The summed E-state index contributed by atoms with van der Waals surface area (Å²) in [6.07, 6.45) is 1.34. The molecule has 0 saturated heterocycles. The number of methoxy groups -OCH3 is 2. The minimum Gasteiger partial charge on any atom is -0.465 e. The highest BCUT2D eigenvalue weighted by molar-refractivity contribution is 6.04. The van der Waals surface area contributed by atoms with Crippen LogP contribution in [0.15, 0.2) is 36.5 Å². The summed E-state index contributed by atoms with van der Waals surface area (Å²) < 4.78 is 9.45. The summed E-state index contributed by atoms with van der Waals surface area (Å²) in [5, 5.41) is 0. The predicted molar refractivity (Wildman–Crippen MR) is 77.1 cm³/mol. The minimum atomic E-state index is -0.620. The monoisotopic (exact) mass is 285 g/mol. The lowest BCUT2D eigenvalue weighted by Gasteiger charge is -2.13. The van der Waals surface area contributed by atoms with Gasteiger partial charge in [-0.1, -0.05) is 30.3 Å². The smallest absolute Gasteiger partial charge is 0.340 e. The zero-order valence-corrected chi connectivity index (χ0v) is 12.0. The van der Waals surface area contributed by atoms with Crippen LogP contribution in [0.1, 0.15) is 26.3 Å². The molecular weight excluding hydrogens is 270 g/mol. The largest absolute Gasteiger partial charge is 0.465 e. The molecule has 0 aliphatic carbocycles. The molecule has 0 atom stereocenters. The fourth-order valence-electron chi connectivity index (χ4n) is 2.13. The van der Waals surface area contributed by atoms with E-state index in [0.29, 0.717) is 11.3 Å². The normalized spacial score (nSPS) is 10.0. The van der Waals surface area contributed by atoms with Crippen LogP contribution in [0.25, 0.3) is 11.3 Å². The fraction of sp³-hybridized carbons (Fsp3) is 0.188. The van der Waals surface area contributed by atoms with Gasteiger partial charge in [0, 0.05) is 11.8 Å². The average molecular weight is 285 g/mol. The Balaban J connectivity index is 2.68. The maximum Gasteiger partial charge on any atom is 0.340 e. The van der Waals surface area contributed by atoms with Crippen LogP contribution >= 0.6 is 0 Å². The Labute approximate surface area is 122 Å². The van der Waals surface area contributed by atoms with Crippen molar-refractivity contribution < 1.29 is 19.1 Å². The van der Waals surface area contributed by atoms with Crippen molar-refractivity contribution in [1.29, 1.82) is 0 Å². The van der Waals surface area contributed by atoms with E-state index in [2.05, 4.69) is 9.72 Å². The number of rotatable bonds is 3. The molecule has 0 spiro atoms. The maximum absolute atomic E-state index is 12.0. The molecule has 5 heteroatoms. The van der Waals surface area contributed by atoms with Gasteiger partial charge in [-0.25, -0.2) is 9.59 Å². The molecule has 0 fully saturated rings. The van der Waals surface area contributed by atoms with E-state index in [1.54, 1.807) is 6.92 Å². The van der Waals surface area contributed by atoms with Gasteiger partial charge in [0.2, 0.25) is 0 Å². The van der Waals surface area contributed by atoms with Crippen LogP contribution in [0.3, 0.4) is 0 Å². The van der Waals surface area contributed by atoms with Crippen LogP contribution < -0.4 is 0 Å². The quantitative estimate of drug-likeness (QED) is 0.811. The van der Waals surface area contributed by atoms with E-state index in [4.69, 9.17) is 4.74 Å². The molecule has 5 nitrogen and oxygen atoms in total. The highest BCUT2D eigenvalue weighted by Crippen LogP contribution is 2.26. The van der Waals surface area contributed by atoms with Crippen LogP contribution in [0, 0.1) is 6.92 Å². The first-order valence-corrected chi connectivity index (χ1v) is 6.31. The summed E-state index contributed by atoms with van der Waals surface area (Å²) in [4.78, 5) is 28.1. The van der Waals surface area contributed by atoms with E-state index < -0.39 is 11.9 Å². The Hall–Kier alpha value is -2.69. The molecule has 1 heterocycles. The van der Waals surface area contributed by atoms with E-state index in [-0.39, 0.29) is 11.1 Å². The van der Waals surface area contributed by atoms with Crippen LogP contribution in [-0.4, -0.2) is 31.1 Å². The van der Waals surface area contributed by atoms with Crippen molar-refractivity contribution in [2.24, 2.45) is 0 Å². The first-order valence-electron chi connectivity index (χ1n) is 6.31. The third-order valence-electron chi connectivity index (χ3n) is 3.16. The number of hydrogen-bond donors (Lipinski definition) is 0. The third-order valence-corrected chi connectivity index (χ3v) is 3.16. The predicted octanol–water partition coefficient (Wildman–Crippen LogP) is 2.63. The molecule has 0 aliphatic rings. The molecule has 0 N–H and O–H groups in total. The van der Waals surface area contributed by atoms with Gasteiger partial charge in [0.25, 0.3) is 0 Å². The van der Waals surface area contributed by atoms with Gasteiger partial charge in [-0.2, -0.15) is 0 Å². The van der Waals surface area contributed by atoms with Crippen LogP contribution in [0.5, 0.6) is 0 Å². The molecular formula is C16H15NO4. The molecule has 0 radical (unpaired) electrons. The Bertz CT molecular complexity index is 680. The molecule has 2 aromatic rings. The number of esters is 2. The molecule has 108 valence electrons. The van der Waals surface area contributed by atoms with E-state index in [1.165, 1.54) is 20.4 Å². The number of aromatic nitrogens is 1. The second kappa shape index (κ2) is 6.17. The number of carbonyl (C=O) groups excluding carboxylic acids is 2. The number of ether oxygens (including phenoxy) is 2. The van der Waals surface area contributed by atoms with Crippen LogP contribution in [-0.2, 0) is 9.47 Å². The van der Waals surface area contributed by atoms with Crippen molar-refractivity contribution in [2.75, 3.05) is 14.2 Å². The number of hydrogen-bond acceptors (Lipinski definition) is 5. The summed E-state index contributed by atoms with van der Waals surface area (Å²) in [5.74, 6) is -1.21. The molecule has 0 bridgehead atoms. The van der Waals surface area contributed by atoms with Gasteiger partial charge in [0.1, 0.15) is 0 Å². The standard InChI is InChI=1S/C16H15NO4/c1-10-13(16(19)21-3)12(15(18)20-2)9-17-14(10)11-7-5-4-6-8-11/h4-9H,1-3H3. The van der Waals surface area contributed by atoms with E-state index >= 15 is 0 Å². The van der Waals surface area contributed by atoms with E-state index in [1.807, 2.05) is 30.3 Å². The molecule has 21 heavy (non-hydrogen) atoms. The van der Waals surface area contributed by atoms with Gasteiger partial charge >= 0.3 is 11.9 Å². The maximum atomic E-state index is 12.0. The fourth-order valence-corrected chi connectivity index (χ4v) is 2.13. The number of pyridine rings is 1. The van der Waals surface area contributed by atoms with Gasteiger partial charge in [-0.05, 0) is 12.5 Å². The van der Waals surface area contributed by atoms with Gasteiger partial charge < -0.3 is 9.47 Å². The molecule has 2 rings (SSSR count). The van der Waals surface area contributed by atoms with Crippen LogP contribution in [0.2, 0.25) is 0 Å². The first-order chi connectivity index (χ1) is 10.1. The Morgan fingerprint density at radius 3 is 2.19 bits per heavy atom. The van der Waals surface area contributed by atoms with Crippen molar-refractivity contribution >= 4 is 11.9 Å². The number of benzene rings is 1. The summed E-state index contributed by atoms with van der Waals surface area (Å²) >= 11 is 0. The van der Waals surface area contributed by atoms with Gasteiger partial charge in [0.15, 0.2) is 0 Å². The van der Waals surface area contributed by atoms with E-state index in [0.717, 1.165) is 5.56 Å². The first kappa shape index (κ1) is 14.7. The van der Waals surface area contributed by atoms with Crippen LogP contribution in [0.4, 0.5) is 0 Å². The van der Waals surface area contributed by atoms with Crippen molar-refractivity contribution in [1.82, 2.24) is 4.98 Å². The zero-order valence-electron chi connectivity index (χ0n) is 12.0. The molecule has 0 unspecified atom stereocenters. The number of carbonyl (C=O) groups is 2. The SMILES string of the molecule is COC(=O)c1cnc(-c2ccccc2)c(C)c1C(=O)OC. The lowest BCUT2D eigenvalue weighted by Crippen LogP contribution is -2.15. The minimum absolute atomic E-state index is 0.0986.